The van der Waals surface area contributed by atoms with Crippen molar-refractivity contribution in [2.75, 3.05) is 5.32 Å². The van der Waals surface area contributed by atoms with Crippen molar-refractivity contribution in [3.63, 3.8) is 0 Å². The number of aromatic nitrogens is 3. The fourth-order valence-electron chi connectivity index (χ4n) is 2.20. The van der Waals surface area contributed by atoms with Gasteiger partial charge in [-0.3, -0.25) is 4.79 Å². The molecule has 0 saturated carbocycles. The van der Waals surface area contributed by atoms with Crippen LogP contribution in [0.4, 0.5) is 5.69 Å². The predicted octanol–water partition coefficient (Wildman–Crippen LogP) is 3.76. The highest BCUT2D eigenvalue weighted by Crippen LogP contribution is 2.25. The molecule has 0 spiro atoms. The Morgan fingerprint density at radius 1 is 1.15 bits per heavy atom. The summed E-state index contributed by atoms with van der Waals surface area (Å²) in [4.78, 5) is 28.3. The largest absolute Gasteiger partial charge is 0.449 e. The minimum atomic E-state index is -1.01. The number of hydrogen-bond acceptors (Lipinski definition) is 5. The molecule has 1 atom stereocenters. The smallest absolute Gasteiger partial charge is 0.338 e. The first-order valence-electron chi connectivity index (χ1n) is 7.86. The normalized spacial score (nSPS) is 11.7. The Kier molecular flexibility index (Phi) is 5.73. The van der Waals surface area contributed by atoms with E-state index < -0.39 is 18.0 Å². The molecule has 3 aromatic rings. The molecule has 1 aromatic heterocycles. The Hall–Kier alpha value is -2.90. The first kappa shape index (κ1) is 18.9. The first-order valence-corrected chi connectivity index (χ1v) is 8.61. The molecular weight excluding hydrogens is 391 g/mol. The summed E-state index contributed by atoms with van der Waals surface area (Å²) in [6.45, 7) is 1.47. The number of amides is 1. The zero-order chi connectivity index (χ0) is 19.4. The maximum Gasteiger partial charge on any atom is 0.338 e. The minimum absolute atomic E-state index is 0.290. The molecule has 1 N–H and O–H groups in total. The van der Waals surface area contributed by atoms with Gasteiger partial charge in [-0.15, -0.1) is 0 Å². The second kappa shape index (κ2) is 8.20. The second-order valence-electron chi connectivity index (χ2n) is 5.55. The van der Waals surface area contributed by atoms with Crippen LogP contribution in [0, 0.1) is 0 Å². The molecule has 0 saturated heterocycles. The molecule has 9 heteroatoms. The number of carbonyl (C=O) groups is 2. The van der Waals surface area contributed by atoms with E-state index in [2.05, 4.69) is 15.4 Å². The van der Waals surface area contributed by atoms with Crippen LogP contribution in [0.5, 0.6) is 0 Å². The van der Waals surface area contributed by atoms with E-state index in [0.717, 1.165) is 5.69 Å². The summed E-state index contributed by atoms with van der Waals surface area (Å²) >= 11 is 11.8. The topological polar surface area (TPSA) is 86.1 Å². The van der Waals surface area contributed by atoms with E-state index in [-0.39, 0.29) is 5.02 Å². The molecule has 0 radical (unpaired) electrons. The van der Waals surface area contributed by atoms with Crippen LogP contribution in [0.2, 0.25) is 10.0 Å². The summed E-state index contributed by atoms with van der Waals surface area (Å²) in [5.74, 6) is -1.13. The van der Waals surface area contributed by atoms with Crippen LogP contribution >= 0.6 is 23.2 Å². The fraction of sp³-hybridized carbons (Fsp3) is 0.111. The van der Waals surface area contributed by atoms with Gasteiger partial charge >= 0.3 is 5.97 Å². The highest BCUT2D eigenvalue weighted by Gasteiger charge is 2.20. The van der Waals surface area contributed by atoms with Gasteiger partial charge in [-0.05, 0) is 49.4 Å². The quantitative estimate of drug-likeness (QED) is 0.654. The van der Waals surface area contributed by atoms with Crippen LogP contribution < -0.4 is 5.32 Å². The molecule has 138 valence electrons. The van der Waals surface area contributed by atoms with Gasteiger partial charge in [0.15, 0.2) is 6.10 Å². The predicted molar refractivity (Wildman–Crippen MR) is 101 cm³/mol. The molecule has 1 heterocycles. The van der Waals surface area contributed by atoms with E-state index in [9.17, 15) is 9.59 Å². The fourth-order valence-corrected chi connectivity index (χ4v) is 2.65. The number of ether oxygens (including phenoxy) is 1. The number of anilines is 1. The molecular formula is C18H14Cl2N4O3. The van der Waals surface area contributed by atoms with Gasteiger partial charge in [-0.2, -0.15) is 5.10 Å². The van der Waals surface area contributed by atoms with Crippen LogP contribution in [-0.4, -0.2) is 32.7 Å². The minimum Gasteiger partial charge on any atom is -0.449 e. The molecule has 7 nitrogen and oxygen atoms in total. The van der Waals surface area contributed by atoms with E-state index in [0.29, 0.717) is 16.3 Å². The molecule has 3 rings (SSSR count). The third kappa shape index (κ3) is 4.64. The van der Waals surface area contributed by atoms with Crippen molar-refractivity contribution in [1.29, 1.82) is 0 Å². The van der Waals surface area contributed by atoms with Gasteiger partial charge < -0.3 is 10.1 Å². The zero-order valence-corrected chi connectivity index (χ0v) is 15.6. The number of nitrogens with zero attached hydrogens (tertiary/aromatic N) is 3. The number of rotatable bonds is 5. The Morgan fingerprint density at radius 2 is 1.89 bits per heavy atom. The average molecular weight is 405 g/mol. The van der Waals surface area contributed by atoms with Gasteiger partial charge in [0.05, 0.1) is 22.0 Å². The Labute approximate surface area is 164 Å². The molecule has 2 aromatic carbocycles. The molecule has 0 aliphatic carbocycles. The Morgan fingerprint density at radius 3 is 2.52 bits per heavy atom. The van der Waals surface area contributed by atoms with Crippen molar-refractivity contribution < 1.29 is 14.3 Å². The number of hydrogen-bond donors (Lipinski definition) is 1. The highest BCUT2D eigenvalue weighted by atomic mass is 35.5. The number of nitrogens with one attached hydrogen (secondary N) is 1. The van der Waals surface area contributed by atoms with Crippen molar-refractivity contribution in [3.8, 4) is 5.69 Å². The van der Waals surface area contributed by atoms with Gasteiger partial charge in [0.1, 0.15) is 12.7 Å². The van der Waals surface area contributed by atoms with Crippen molar-refractivity contribution in [1.82, 2.24) is 14.8 Å². The molecule has 0 aliphatic heterocycles. The molecule has 0 bridgehead atoms. The monoisotopic (exact) mass is 404 g/mol. The van der Waals surface area contributed by atoms with E-state index in [1.54, 1.807) is 47.4 Å². The summed E-state index contributed by atoms with van der Waals surface area (Å²) in [6.07, 6.45) is 1.94. The summed E-state index contributed by atoms with van der Waals surface area (Å²) in [7, 11) is 0. The third-order valence-corrected chi connectivity index (χ3v) is 4.18. The first-order chi connectivity index (χ1) is 12.9. The molecule has 0 unspecified atom stereocenters. The van der Waals surface area contributed by atoms with Crippen LogP contribution in [0.15, 0.2) is 55.1 Å². The lowest BCUT2D eigenvalue weighted by molar-refractivity contribution is -0.123. The lowest BCUT2D eigenvalue weighted by Gasteiger charge is -2.14. The van der Waals surface area contributed by atoms with E-state index in [1.807, 2.05) is 0 Å². The summed E-state index contributed by atoms with van der Waals surface area (Å²) in [6, 6.07) is 11.2. The molecule has 1 amide bonds. The number of carbonyl (C=O) groups excluding carboxylic acids is 2. The highest BCUT2D eigenvalue weighted by molar-refractivity contribution is 6.36. The molecule has 0 fully saturated rings. The maximum atomic E-state index is 12.2. The zero-order valence-electron chi connectivity index (χ0n) is 14.1. The Balaban J connectivity index is 1.62. The summed E-state index contributed by atoms with van der Waals surface area (Å²) < 4.78 is 6.77. The third-order valence-electron chi connectivity index (χ3n) is 3.63. The number of halogens is 2. The van der Waals surface area contributed by atoms with E-state index in [4.69, 9.17) is 27.9 Å². The van der Waals surface area contributed by atoms with Gasteiger partial charge in [0.2, 0.25) is 0 Å². The summed E-state index contributed by atoms with van der Waals surface area (Å²) in [5, 5.41) is 7.34. The number of esters is 1. The van der Waals surface area contributed by atoms with Crippen molar-refractivity contribution in [2.24, 2.45) is 0 Å². The number of benzene rings is 2. The SMILES string of the molecule is C[C@H](OC(=O)c1ccc(-n2cncn2)cc1)C(=O)Nc1ccc(Cl)cc1Cl. The standard InChI is InChI=1S/C18H14Cl2N4O3/c1-11(17(25)23-16-7-4-13(19)8-15(16)20)27-18(26)12-2-5-14(6-3-12)24-10-21-9-22-24/h2-11H,1H3,(H,23,25)/t11-/m0/s1. The van der Waals surface area contributed by atoms with Crippen LogP contribution in [0.25, 0.3) is 5.69 Å². The van der Waals surface area contributed by atoms with Crippen LogP contribution in [0.3, 0.4) is 0 Å². The van der Waals surface area contributed by atoms with E-state index in [1.165, 1.54) is 19.3 Å². The second-order valence-corrected chi connectivity index (χ2v) is 6.39. The van der Waals surface area contributed by atoms with Crippen molar-refractivity contribution in [2.45, 2.75) is 13.0 Å². The molecule has 0 aliphatic rings. The average Bonchev–Trinajstić information content (AvgIpc) is 3.18. The van der Waals surface area contributed by atoms with Gasteiger partial charge in [-0.1, -0.05) is 23.2 Å². The van der Waals surface area contributed by atoms with Gasteiger partial charge in [0, 0.05) is 5.02 Å². The maximum absolute atomic E-state index is 12.2. The lowest BCUT2D eigenvalue weighted by atomic mass is 10.2. The van der Waals surface area contributed by atoms with Gasteiger partial charge in [-0.25, -0.2) is 14.5 Å². The van der Waals surface area contributed by atoms with Crippen molar-refractivity contribution >= 4 is 40.8 Å². The van der Waals surface area contributed by atoms with Gasteiger partial charge in [0.25, 0.3) is 5.91 Å². The lowest BCUT2D eigenvalue weighted by Crippen LogP contribution is -2.30. The van der Waals surface area contributed by atoms with Crippen LogP contribution in [-0.2, 0) is 9.53 Å². The Bertz CT molecular complexity index is 959. The van der Waals surface area contributed by atoms with Crippen LogP contribution in [0.1, 0.15) is 17.3 Å². The van der Waals surface area contributed by atoms with E-state index >= 15 is 0 Å². The molecule has 27 heavy (non-hydrogen) atoms. The van der Waals surface area contributed by atoms with Crippen molar-refractivity contribution in [3.05, 3.63) is 70.7 Å². The summed E-state index contributed by atoms with van der Waals surface area (Å²) in [5.41, 5.74) is 1.43.